The van der Waals surface area contributed by atoms with E-state index in [4.69, 9.17) is 0 Å². The molecule has 0 spiro atoms. The Labute approximate surface area is 80.1 Å². The molecular formula is C10H10N2O2. The Hall–Kier alpha value is -1.84. The number of carbonyl (C=O) groups excluding carboxylic acids is 1. The minimum absolute atomic E-state index is 0.0417. The molecule has 1 N–H and O–H groups in total. The molecular weight excluding hydrogens is 180 g/mol. The number of nitrogens with one attached hydrogen (secondary N) is 1. The van der Waals surface area contributed by atoms with Gasteiger partial charge in [-0.3, -0.25) is 19.4 Å². The fourth-order valence-corrected chi connectivity index (χ4v) is 1.48. The Morgan fingerprint density at radius 2 is 2.29 bits per heavy atom. The lowest BCUT2D eigenvalue weighted by Crippen LogP contribution is -2.14. The summed E-state index contributed by atoms with van der Waals surface area (Å²) in [6, 6.07) is 4.99. The third kappa shape index (κ3) is 1.16. The SMILES string of the molecule is CCn1[nH]c2cc(C=O)ccc2c1=O. The monoisotopic (exact) mass is 190 g/mol. The summed E-state index contributed by atoms with van der Waals surface area (Å²) in [5.41, 5.74) is 1.24. The van der Waals surface area contributed by atoms with Crippen LogP contribution in [-0.2, 0) is 6.54 Å². The van der Waals surface area contributed by atoms with E-state index >= 15 is 0 Å². The van der Waals surface area contributed by atoms with Crippen LogP contribution >= 0.6 is 0 Å². The number of aromatic amines is 1. The maximum absolute atomic E-state index is 11.6. The van der Waals surface area contributed by atoms with E-state index in [0.717, 1.165) is 6.29 Å². The third-order valence-electron chi connectivity index (χ3n) is 2.23. The van der Waals surface area contributed by atoms with Crippen LogP contribution < -0.4 is 5.56 Å². The molecule has 0 amide bonds. The maximum Gasteiger partial charge on any atom is 0.274 e. The predicted octanol–water partition coefficient (Wildman–Crippen LogP) is 1.16. The highest BCUT2D eigenvalue weighted by Gasteiger charge is 2.04. The number of aromatic nitrogens is 2. The summed E-state index contributed by atoms with van der Waals surface area (Å²) in [6.45, 7) is 2.49. The lowest BCUT2D eigenvalue weighted by Gasteiger charge is -1.91. The summed E-state index contributed by atoms with van der Waals surface area (Å²) in [6.07, 6.45) is 0.765. The topological polar surface area (TPSA) is 54.9 Å². The molecule has 72 valence electrons. The molecule has 4 heteroatoms. The highest BCUT2D eigenvalue weighted by molar-refractivity contribution is 5.86. The van der Waals surface area contributed by atoms with E-state index in [9.17, 15) is 9.59 Å². The summed E-state index contributed by atoms with van der Waals surface area (Å²) in [5, 5.41) is 3.56. The van der Waals surface area contributed by atoms with Crippen molar-refractivity contribution in [1.29, 1.82) is 0 Å². The van der Waals surface area contributed by atoms with Gasteiger partial charge in [-0.25, -0.2) is 0 Å². The van der Waals surface area contributed by atoms with E-state index < -0.39 is 0 Å². The zero-order valence-corrected chi connectivity index (χ0v) is 7.78. The van der Waals surface area contributed by atoms with Gasteiger partial charge in [0, 0.05) is 12.1 Å². The van der Waals surface area contributed by atoms with Gasteiger partial charge in [-0.05, 0) is 19.1 Å². The molecule has 0 saturated carbocycles. The second-order valence-electron chi connectivity index (χ2n) is 3.08. The highest BCUT2D eigenvalue weighted by Crippen LogP contribution is 2.08. The van der Waals surface area contributed by atoms with E-state index in [0.29, 0.717) is 23.0 Å². The number of hydrogen-bond donors (Lipinski definition) is 1. The lowest BCUT2D eigenvalue weighted by atomic mass is 10.2. The standard InChI is InChI=1S/C10H10N2O2/c1-2-12-10(14)8-4-3-7(6-13)5-9(8)11-12/h3-6,11H,2H2,1H3. The number of aldehydes is 1. The largest absolute Gasteiger partial charge is 0.298 e. The Bertz CT molecular complexity index is 537. The van der Waals surface area contributed by atoms with E-state index in [1.165, 1.54) is 4.68 Å². The molecule has 0 saturated heterocycles. The van der Waals surface area contributed by atoms with Crippen molar-refractivity contribution in [2.75, 3.05) is 0 Å². The Balaban J connectivity index is 2.79. The number of nitrogens with zero attached hydrogens (tertiary/aromatic N) is 1. The Kier molecular flexibility index (Phi) is 1.96. The minimum Gasteiger partial charge on any atom is -0.298 e. The van der Waals surface area contributed by atoms with Crippen LogP contribution in [0.25, 0.3) is 10.9 Å². The Morgan fingerprint density at radius 3 is 2.93 bits per heavy atom. The smallest absolute Gasteiger partial charge is 0.274 e. The summed E-state index contributed by atoms with van der Waals surface area (Å²) in [4.78, 5) is 22.1. The van der Waals surface area contributed by atoms with Gasteiger partial charge in [0.2, 0.25) is 0 Å². The second kappa shape index (κ2) is 3.14. The second-order valence-corrected chi connectivity index (χ2v) is 3.08. The number of benzene rings is 1. The molecule has 0 atom stereocenters. The van der Waals surface area contributed by atoms with Crippen molar-refractivity contribution in [3.05, 3.63) is 34.1 Å². The van der Waals surface area contributed by atoms with Gasteiger partial charge >= 0.3 is 0 Å². The average Bonchev–Trinajstić information content (AvgIpc) is 2.55. The van der Waals surface area contributed by atoms with Gasteiger partial charge in [-0.15, -0.1) is 0 Å². The van der Waals surface area contributed by atoms with Crippen molar-refractivity contribution < 1.29 is 4.79 Å². The van der Waals surface area contributed by atoms with Crippen molar-refractivity contribution in [2.24, 2.45) is 0 Å². The van der Waals surface area contributed by atoms with Crippen LogP contribution in [0.3, 0.4) is 0 Å². The number of carbonyl (C=O) groups is 1. The van der Waals surface area contributed by atoms with Gasteiger partial charge in [0.05, 0.1) is 10.9 Å². The quantitative estimate of drug-likeness (QED) is 0.722. The molecule has 0 unspecified atom stereocenters. The molecule has 0 aliphatic heterocycles. The molecule has 0 radical (unpaired) electrons. The summed E-state index contributed by atoms with van der Waals surface area (Å²) < 4.78 is 1.51. The van der Waals surface area contributed by atoms with Crippen LogP contribution in [0.1, 0.15) is 17.3 Å². The number of rotatable bonds is 2. The first kappa shape index (κ1) is 8.74. The van der Waals surface area contributed by atoms with Crippen molar-refractivity contribution in [1.82, 2.24) is 9.78 Å². The highest BCUT2D eigenvalue weighted by atomic mass is 16.1. The van der Waals surface area contributed by atoms with Gasteiger partial charge in [-0.2, -0.15) is 0 Å². The minimum atomic E-state index is -0.0417. The zero-order valence-electron chi connectivity index (χ0n) is 7.78. The molecule has 0 fully saturated rings. The van der Waals surface area contributed by atoms with Crippen LogP contribution in [0, 0.1) is 0 Å². The van der Waals surface area contributed by atoms with Gasteiger partial charge in [0.25, 0.3) is 5.56 Å². The first-order chi connectivity index (χ1) is 6.76. The first-order valence-electron chi connectivity index (χ1n) is 4.44. The number of aryl methyl sites for hydroxylation is 1. The average molecular weight is 190 g/mol. The fraction of sp³-hybridized carbons (Fsp3) is 0.200. The van der Waals surface area contributed by atoms with E-state index in [1.807, 2.05) is 6.92 Å². The lowest BCUT2D eigenvalue weighted by molar-refractivity contribution is 0.112. The van der Waals surface area contributed by atoms with Crippen LogP contribution in [0.2, 0.25) is 0 Å². The molecule has 0 aliphatic carbocycles. The normalized spacial score (nSPS) is 10.6. The van der Waals surface area contributed by atoms with E-state index in [1.54, 1.807) is 18.2 Å². The third-order valence-corrected chi connectivity index (χ3v) is 2.23. The van der Waals surface area contributed by atoms with Gasteiger partial charge in [0.15, 0.2) is 0 Å². The maximum atomic E-state index is 11.6. The molecule has 0 bridgehead atoms. The van der Waals surface area contributed by atoms with Crippen molar-refractivity contribution in [2.45, 2.75) is 13.5 Å². The molecule has 2 rings (SSSR count). The number of H-pyrrole nitrogens is 1. The van der Waals surface area contributed by atoms with E-state index in [-0.39, 0.29) is 5.56 Å². The number of fused-ring (bicyclic) bond motifs is 1. The molecule has 1 aromatic carbocycles. The van der Waals surface area contributed by atoms with E-state index in [2.05, 4.69) is 5.10 Å². The zero-order chi connectivity index (χ0) is 10.1. The molecule has 1 aromatic heterocycles. The predicted molar refractivity (Wildman–Crippen MR) is 53.6 cm³/mol. The summed E-state index contributed by atoms with van der Waals surface area (Å²) >= 11 is 0. The van der Waals surface area contributed by atoms with Gasteiger partial charge in [0.1, 0.15) is 6.29 Å². The van der Waals surface area contributed by atoms with Crippen LogP contribution in [0.4, 0.5) is 0 Å². The van der Waals surface area contributed by atoms with Crippen molar-refractivity contribution >= 4 is 17.2 Å². The molecule has 4 nitrogen and oxygen atoms in total. The van der Waals surface area contributed by atoms with Crippen LogP contribution in [0.5, 0.6) is 0 Å². The molecule has 2 aromatic rings. The summed E-state index contributed by atoms with van der Waals surface area (Å²) in [5.74, 6) is 0. The molecule has 0 aliphatic rings. The number of hydrogen-bond acceptors (Lipinski definition) is 2. The van der Waals surface area contributed by atoms with Gasteiger partial charge < -0.3 is 0 Å². The Morgan fingerprint density at radius 1 is 1.50 bits per heavy atom. The molecule has 1 heterocycles. The van der Waals surface area contributed by atoms with Crippen molar-refractivity contribution in [3.63, 3.8) is 0 Å². The fourth-order valence-electron chi connectivity index (χ4n) is 1.48. The summed E-state index contributed by atoms with van der Waals surface area (Å²) in [7, 11) is 0. The first-order valence-corrected chi connectivity index (χ1v) is 4.44. The van der Waals surface area contributed by atoms with Crippen LogP contribution in [-0.4, -0.2) is 16.1 Å². The van der Waals surface area contributed by atoms with Gasteiger partial charge in [-0.1, -0.05) is 6.07 Å². The van der Waals surface area contributed by atoms with Crippen LogP contribution in [0.15, 0.2) is 23.0 Å². The van der Waals surface area contributed by atoms with Crippen molar-refractivity contribution in [3.8, 4) is 0 Å². The molecule has 14 heavy (non-hydrogen) atoms.